The third kappa shape index (κ3) is 3.56. The fraction of sp³-hybridized carbons (Fsp3) is 0.625. The minimum absolute atomic E-state index is 0.120. The van der Waals surface area contributed by atoms with Gasteiger partial charge in [0.2, 0.25) is 0 Å². The van der Waals surface area contributed by atoms with E-state index in [2.05, 4.69) is 25.8 Å². The smallest absolute Gasteiger partial charge is 0.0853 e. The zero-order chi connectivity index (χ0) is 13.2. The lowest BCUT2D eigenvalue weighted by molar-refractivity contribution is 0.0251. The molecular formula is C16H25NO. The topological polar surface area (TPSA) is 23.5 Å². The molecule has 0 amide bonds. The summed E-state index contributed by atoms with van der Waals surface area (Å²) in [5.41, 5.74) is 0.896. The van der Waals surface area contributed by atoms with Crippen LogP contribution in [0.2, 0.25) is 0 Å². The molecule has 1 N–H and O–H groups in total. The van der Waals surface area contributed by atoms with Crippen molar-refractivity contribution in [2.45, 2.75) is 32.8 Å². The predicted octanol–water partition coefficient (Wildman–Crippen LogP) is 3.09. The van der Waals surface area contributed by atoms with E-state index in [9.17, 15) is 5.11 Å². The summed E-state index contributed by atoms with van der Waals surface area (Å²) < 4.78 is 0. The highest BCUT2D eigenvalue weighted by Crippen LogP contribution is 2.35. The van der Waals surface area contributed by atoms with Crippen molar-refractivity contribution in [3.63, 3.8) is 0 Å². The summed E-state index contributed by atoms with van der Waals surface area (Å²) in [5, 5.41) is 10.5. The van der Waals surface area contributed by atoms with Gasteiger partial charge in [-0.25, -0.2) is 0 Å². The first-order valence-corrected chi connectivity index (χ1v) is 6.90. The Morgan fingerprint density at radius 1 is 1.28 bits per heavy atom. The molecule has 0 saturated heterocycles. The van der Waals surface area contributed by atoms with Gasteiger partial charge in [0.15, 0.2) is 0 Å². The molecule has 1 aromatic carbocycles. The number of aliphatic hydroxyl groups is 1. The molecule has 0 aliphatic heterocycles. The second-order valence-electron chi connectivity index (χ2n) is 6.44. The van der Waals surface area contributed by atoms with Crippen LogP contribution in [0.3, 0.4) is 0 Å². The first-order chi connectivity index (χ1) is 8.49. The van der Waals surface area contributed by atoms with E-state index in [0.717, 1.165) is 18.0 Å². The normalized spacial score (nSPS) is 18.1. The minimum Gasteiger partial charge on any atom is -0.388 e. The molecule has 1 aromatic rings. The van der Waals surface area contributed by atoms with Gasteiger partial charge in [-0.05, 0) is 31.4 Å². The van der Waals surface area contributed by atoms with E-state index in [0.29, 0.717) is 0 Å². The monoisotopic (exact) mass is 247 g/mol. The third-order valence-corrected chi connectivity index (χ3v) is 3.80. The van der Waals surface area contributed by atoms with Crippen LogP contribution in [-0.2, 0) is 0 Å². The quantitative estimate of drug-likeness (QED) is 0.835. The summed E-state index contributed by atoms with van der Waals surface area (Å²) in [4.78, 5) is 2.36. The van der Waals surface area contributed by atoms with Crippen LogP contribution in [0.15, 0.2) is 30.3 Å². The Morgan fingerprint density at radius 2 is 1.89 bits per heavy atom. The average molecular weight is 247 g/mol. The van der Waals surface area contributed by atoms with Crippen LogP contribution in [0, 0.1) is 11.3 Å². The van der Waals surface area contributed by atoms with Gasteiger partial charge in [0.05, 0.1) is 6.10 Å². The zero-order valence-electron chi connectivity index (χ0n) is 11.8. The maximum Gasteiger partial charge on any atom is 0.0853 e. The molecule has 2 rings (SSSR count). The molecule has 0 spiro atoms. The number of nitrogens with zero attached hydrogens (tertiary/aromatic N) is 1. The molecule has 18 heavy (non-hydrogen) atoms. The van der Waals surface area contributed by atoms with E-state index < -0.39 is 6.10 Å². The lowest BCUT2D eigenvalue weighted by Crippen LogP contribution is -2.36. The Hall–Kier alpha value is -0.860. The van der Waals surface area contributed by atoms with Crippen LogP contribution < -0.4 is 0 Å². The fourth-order valence-corrected chi connectivity index (χ4v) is 2.67. The van der Waals surface area contributed by atoms with Crippen LogP contribution >= 0.6 is 0 Å². The first-order valence-electron chi connectivity index (χ1n) is 6.90. The summed E-state index contributed by atoms with van der Waals surface area (Å²) in [5.74, 6) is 0.902. The Bertz CT molecular complexity index is 370. The number of benzene rings is 1. The van der Waals surface area contributed by atoms with Gasteiger partial charge in [0.1, 0.15) is 0 Å². The average Bonchev–Trinajstić information content (AvgIpc) is 3.12. The predicted molar refractivity (Wildman–Crippen MR) is 75.4 cm³/mol. The molecule has 1 atom stereocenters. The molecule has 1 aliphatic carbocycles. The van der Waals surface area contributed by atoms with Crippen LogP contribution in [0.1, 0.15) is 38.4 Å². The number of aliphatic hydroxyl groups excluding tert-OH is 1. The van der Waals surface area contributed by atoms with Crippen molar-refractivity contribution >= 4 is 0 Å². The van der Waals surface area contributed by atoms with Crippen molar-refractivity contribution in [3.05, 3.63) is 35.9 Å². The van der Waals surface area contributed by atoms with Gasteiger partial charge in [0, 0.05) is 18.5 Å². The first kappa shape index (κ1) is 13.6. The van der Waals surface area contributed by atoms with E-state index in [1.165, 1.54) is 19.4 Å². The van der Waals surface area contributed by atoms with Crippen molar-refractivity contribution in [3.8, 4) is 0 Å². The Kier molecular flexibility index (Phi) is 4.08. The van der Waals surface area contributed by atoms with E-state index in [1.807, 2.05) is 30.3 Å². The van der Waals surface area contributed by atoms with Crippen molar-refractivity contribution in [1.82, 2.24) is 4.90 Å². The molecule has 1 aliphatic rings. The molecule has 1 saturated carbocycles. The largest absolute Gasteiger partial charge is 0.388 e. The third-order valence-electron chi connectivity index (χ3n) is 3.80. The fourth-order valence-electron chi connectivity index (χ4n) is 2.67. The summed E-state index contributed by atoms with van der Waals surface area (Å²) in [6.07, 6.45) is 2.36. The maximum atomic E-state index is 10.5. The molecule has 0 bridgehead atoms. The van der Waals surface area contributed by atoms with E-state index in [1.54, 1.807) is 0 Å². The van der Waals surface area contributed by atoms with E-state index in [4.69, 9.17) is 0 Å². The van der Waals surface area contributed by atoms with Crippen molar-refractivity contribution in [2.75, 3.05) is 20.1 Å². The summed E-state index contributed by atoms with van der Waals surface area (Å²) in [7, 11) is 2.16. The van der Waals surface area contributed by atoms with Gasteiger partial charge in [-0.3, -0.25) is 0 Å². The SMILES string of the molecule is CN(CC1CC1)CC(C)(C)C(O)c1ccccc1. The molecule has 1 unspecified atom stereocenters. The molecular weight excluding hydrogens is 222 g/mol. The summed E-state index contributed by atoms with van der Waals surface area (Å²) >= 11 is 0. The zero-order valence-corrected chi connectivity index (χ0v) is 11.8. The van der Waals surface area contributed by atoms with E-state index in [-0.39, 0.29) is 5.41 Å². The van der Waals surface area contributed by atoms with Crippen molar-refractivity contribution in [1.29, 1.82) is 0 Å². The molecule has 2 heteroatoms. The van der Waals surface area contributed by atoms with Crippen LogP contribution in [0.5, 0.6) is 0 Å². The van der Waals surface area contributed by atoms with Gasteiger partial charge in [-0.2, -0.15) is 0 Å². The molecule has 1 fully saturated rings. The van der Waals surface area contributed by atoms with Crippen LogP contribution in [-0.4, -0.2) is 30.1 Å². The van der Waals surface area contributed by atoms with Gasteiger partial charge in [-0.15, -0.1) is 0 Å². The highest BCUT2D eigenvalue weighted by Gasteiger charge is 2.32. The number of hydrogen-bond acceptors (Lipinski definition) is 2. The van der Waals surface area contributed by atoms with Gasteiger partial charge in [-0.1, -0.05) is 44.2 Å². The molecule has 100 valence electrons. The maximum absolute atomic E-state index is 10.5. The highest BCUT2D eigenvalue weighted by atomic mass is 16.3. The summed E-state index contributed by atoms with van der Waals surface area (Å²) in [6, 6.07) is 9.98. The van der Waals surface area contributed by atoms with Crippen molar-refractivity contribution in [2.24, 2.45) is 11.3 Å². The second kappa shape index (κ2) is 5.41. The molecule has 0 aromatic heterocycles. The Morgan fingerprint density at radius 3 is 2.44 bits per heavy atom. The van der Waals surface area contributed by atoms with Crippen LogP contribution in [0.25, 0.3) is 0 Å². The minimum atomic E-state index is -0.402. The van der Waals surface area contributed by atoms with Crippen LogP contribution in [0.4, 0.5) is 0 Å². The number of hydrogen-bond donors (Lipinski definition) is 1. The Balaban J connectivity index is 1.95. The van der Waals surface area contributed by atoms with Gasteiger partial charge in [0.25, 0.3) is 0 Å². The van der Waals surface area contributed by atoms with Gasteiger partial charge < -0.3 is 10.0 Å². The number of rotatable bonds is 6. The van der Waals surface area contributed by atoms with Crippen molar-refractivity contribution < 1.29 is 5.11 Å². The summed E-state index contributed by atoms with van der Waals surface area (Å²) in [6.45, 7) is 6.40. The Labute approximate surface area is 111 Å². The van der Waals surface area contributed by atoms with Gasteiger partial charge >= 0.3 is 0 Å². The highest BCUT2D eigenvalue weighted by molar-refractivity contribution is 5.19. The molecule has 0 radical (unpaired) electrons. The second-order valence-corrected chi connectivity index (χ2v) is 6.44. The molecule has 2 nitrogen and oxygen atoms in total. The molecule has 0 heterocycles. The lowest BCUT2D eigenvalue weighted by Gasteiger charge is -2.35. The van der Waals surface area contributed by atoms with E-state index >= 15 is 0 Å². The standard InChI is InChI=1S/C16H25NO/c1-16(2,12-17(3)11-13-9-10-13)15(18)14-7-5-4-6-8-14/h4-8,13,15,18H,9-12H2,1-3H3. The lowest BCUT2D eigenvalue weighted by atomic mass is 9.82.